The summed E-state index contributed by atoms with van der Waals surface area (Å²) in [5, 5.41) is 3.67. The lowest BCUT2D eigenvalue weighted by Crippen LogP contribution is -2.54. The summed E-state index contributed by atoms with van der Waals surface area (Å²) < 4.78 is 64.8. The van der Waals surface area contributed by atoms with Crippen LogP contribution in [0.25, 0.3) is 0 Å². The third-order valence-corrected chi connectivity index (χ3v) is 9.96. The van der Waals surface area contributed by atoms with Gasteiger partial charge in [-0.05, 0) is 60.6 Å². The fraction of sp³-hybridized carbons (Fsp3) is 0.400. The van der Waals surface area contributed by atoms with Gasteiger partial charge in [0.25, 0.3) is 20.2 Å². The standard InChI is InChI=1S/C20H25N3O6S4/c1-3-22-11-13-9-15(32(24,25)26)5-7-17(13)30-19(22)21-20-23(4-2)12-14-10-16(33(27,28)29)6-8-18(14)31-20/h5-10,19-21H,3-4,11-12H2,1-2H3,(H,24,25,26)(H,27,28,29). The molecule has 2 aromatic rings. The van der Waals surface area contributed by atoms with E-state index in [0.29, 0.717) is 13.1 Å². The fourth-order valence-corrected chi connectivity index (χ4v) is 7.47. The molecule has 2 aromatic carbocycles. The van der Waals surface area contributed by atoms with Crippen LogP contribution in [0.15, 0.2) is 56.0 Å². The van der Waals surface area contributed by atoms with E-state index in [-0.39, 0.29) is 20.8 Å². The van der Waals surface area contributed by atoms with E-state index in [4.69, 9.17) is 0 Å². The maximum absolute atomic E-state index is 11.5. The largest absolute Gasteiger partial charge is 0.294 e. The SMILES string of the molecule is CCN1Cc2cc(S(=O)(=O)O)ccc2SC1NC1Sc2ccc(S(=O)(=O)O)cc2CN1CC. The highest BCUT2D eigenvalue weighted by Gasteiger charge is 2.33. The highest BCUT2D eigenvalue weighted by Crippen LogP contribution is 2.39. The third-order valence-electron chi connectivity index (χ3n) is 5.64. The summed E-state index contributed by atoms with van der Waals surface area (Å²) in [6, 6.07) is 9.32. The molecule has 0 amide bonds. The van der Waals surface area contributed by atoms with Crippen molar-refractivity contribution in [3.8, 4) is 0 Å². The molecule has 2 atom stereocenters. The van der Waals surface area contributed by atoms with Crippen LogP contribution >= 0.6 is 23.5 Å². The zero-order valence-corrected chi connectivity index (χ0v) is 21.3. The maximum Gasteiger partial charge on any atom is 0.294 e. The van der Waals surface area contributed by atoms with Crippen molar-refractivity contribution >= 4 is 43.8 Å². The molecule has 13 heteroatoms. The predicted molar refractivity (Wildman–Crippen MR) is 127 cm³/mol. The van der Waals surface area contributed by atoms with Gasteiger partial charge >= 0.3 is 0 Å². The van der Waals surface area contributed by atoms with Gasteiger partial charge in [0, 0.05) is 22.9 Å². The monoisotopic (exact) mass is 531 g/mol. The molecule has 0 fully saturated rings. The first kappa shape index (κ1) is 24.9. The molecule has 0 bridgehead atoms. The molecule has 0 saturated carbocycles. The van der Waals surface area contributed by atoms with Crippen molar-refractivity contribution in [1.82, 2.24) is 15.1 Å². The minimum atomic E-state index is -4.25. The van der Waals surface area contributed by atoms with Gasteiger partial charge in [-0.3, -0.25) is 24.2 Å². The first-order valence-corrected chi connectivity index (χ1v) is 14.9. The third kappa shape index (κ3) is 5.41. The van der Waals surface area contributed by atoms with Crippen molar-refractivity contribution in [2.75, 3.05) is 13.1 Å². The predicted octanol–water partition coefficient (Wildman–Crippen LogP) is 2.89. The Morgan fingerprint density at radius 1 is 0.818 bits per heavy atom. The van der Waals surface area contributed by atoms with Gasteiger partial charge in [0.05, 0.1) is 9.79 Å². The van der Waals surface area contributed by atoms with Crippen molar-refractivity contribution in [1.29, 1.82) is 0 Å². The summed E-state index contributed by atoms with van der Waals surface area (Å²) in [4.78, 5) is 6.06. The maximum atomic E-state index is 11.5. The van der Waals surface area contributed by atoms with Gasteiger partial charge in [0.2, 0.25) is 0 Å². The normalized spacial score (nSPS) is 22.1. The molecular weight excluding hydrogens is 507 g/mol. The summed E-state index contributed by atoms with van der Waals surface area (Å²) in [7, 11) is -8.51. The summed E-state index contributed by atoms with van der Waals surface area (Å²) >= 11 is 3.18. The van der Waals surface area contributed by atoms with E-state index in [2.05, 4.69) is 15.1 Å². The van der Waals surface area contributed by atoms with Gasteiger partial charge in [-0.1, -0.05) is 37.4 Å². The molecule has 2 unspecified atom stereocenters. The zero-order chi connectivity index (χ0) is 24.0. The van der Waals surface area contributed by atoms with Crippen LogP contribution in [0.3, 0.4) is 0 Å². The van der Waals surface area contributed by atoms with Gasteiger partial charge in [0.1, 0.15) is 11.0 Å². The lowest BCUT2D eigenvalue weighted by molar-refractivity contribution is 0.161. The number of fused-ring (bicyclic) bond motifs is 2. The van der Waals surface area contributed by atoms with Crippen LogP contribution in [0.5, 0.6) is 0 Å². The molecule has 0 radical (unpaired) electrons. The lowest BCUT2D eigenvalue weighted by Gasteiger charge is -2.42. The van der Waals surface area contributed by atoms with E-state index in [1.807, 2.05) is 13.8 Å². The molecule has 4 rings (SSSR count). The van der Waals surface area contributed by atoms with Crippen LogP contribution in [-0.2, 0) is 33.3 Å². The Morgan fingerprint density at radius 3 is 1.55 bits per heavy atom. The molecule has 2 aliphatic heterocycles. The van der Waals surface area contributed by atoms with Crippen LogP contribution in [0.1, 0.15) is 25.0 Å². The quantitative estimate of drug-likeness (QED) is 0.476. The Balaban J connectivity index is 1.56. The van der Waals surface area contributed by atoms with Gasteiger partial charge in [-0.25, -0.2) is 0 Å². The van der Waals surface area contributed by atoms with Crippen LogP contribution in [0, 0.1) is 0 Å². The number of nitrogens with one attached hydrogen (secondary N) is 1. The topological polar surface area (TPSA) is 127 Å². The van der Waals surface area contributed by atoms with E-state index in [1.54, 1.807) is 35.7 Å². The summed E-state index contributed by atoms with van der Waals surface area (Å²) in [6.45, 7) is 6.61. The number of rotatable bonds is 6. The molecule has 2 aliphatic rings. The molecule has 2 heterocycles. The van der Waals surface area contributed by atoms with Crippen LogP contribution in [-0.4, -0.2) is 59.8 Å². The smallest absolute Gasteiger partial charge is 0.282 e. The van der Waals surface area contributed by atoms with Gasteiger partial charge in [-0.2, -0.15) is 16.8 Å². The van der Waals surface area contributed by atoms with Crippen molar-refractivity contribution in [2.24, 2.45) is 0 Å². The number of hydrogen-bond acceptors (Lipinski definition) is 9. The molecule has 180 valence electrons. The Kier molecular flexibility index (Phi) is 7.16. The highest BCUT2D eigenvalue weighted by atomic mass is 32.2. The van der Waals surface area contributed by atoms with E-state index in [0.717, 1.165) is 34.0 Å². The molecule has 0 spiro atoms. The molecule has 0 aliphatic carbocycles. The van der Waals surface area contributed by atoms with Crippen LogP contribution < -0.4 is 5.32 Å². The molecule has 3 N–H and O–H groups in total. The minimum absolute atomic E-state index is 0.0655. The van der Waals surface area contributed by atoms with E-state index < -0.39 is 20.2 Å². The van der Waals surface area contributed by atoms with Gasteiger partial charge < -0.3 is 0 Å². The van der Waals surface area contributed by atoms with E-state index in [1.165, 1.54) is 24.3 Å². The fourth-order valence-electron chi connectivity index (χ4n) is 3.86. The van der Waals surface area contributed by atoms with Crippen molar-refractivity contribution in [2.45, 2.75) is 57.5 Å². The van der Waals surface area contributed by atoms with E-state index >= 15 is 0 Å². The second-order valence-electron chi connectivity index (χ2n) is 7.72. The molecule has 33 heavy (non-hydrogen) atoms. The second-order valence-corrected chi connectivity index (χ2v) is 12.8. The summed E-state index contributed by atoms with van der Waals surface area (Å²) in [5.41, 5.74) is 1.57. The van der Waals surface area contributed by atoms with E-state index in [9.17, 15) is 25.9 Å². The average Bonchev–Trinajstić information content (AvgIpc) is 2.76. The lowest BCUT2D eigenvalue weighted by atomic mass is 10.2. The van der Waals surface area contributed by atoms with Crippen molar-refractivity contribution < 1.29 is 25.9 Å². The summed E-state index contributed by atoms with van der Waals surface area (Å²) in [6.07, 6.45) is 0. The van der Waals surface area contributed by atoms with Crippen LogP contribution in [0.2, 0.25) is 0 Å². The number of nitrogens with zero attached hydrogens (tertiary/aromatic N) is 2. The van der Waals surface area contributed by atoms with Gasteiger partial charge in [-0.15, -0.1) is 0 Å². The molecule has 0 saturated heterocycles. The Hall–Kier alpha value is -1.16. The minimum Gasteiger partial charge on any atom is -0.282 e. The Bertz CT molecular complexity index is 1170. The first-order chi connectivity index (χ1) is 15.5. The Morgan fingerprint density at radius 2 is 1.21 bits per heavy atom. The second kappa shape index (κ2) is 9.47. The van der Waals surface area contributed by atoms with Gasteiger partial charge in [0.15, 0.2) is 0 Å². The zero-order valence-electron chi connectivity index (χ0n) is 18.0. The number of thioether (sulfide) groups is 2. The Labute approximate surface area is 202 Å². The number of benzene rings is 2. The first-order valence-electron chi connectivity index (χ1n) is 10.3. The average molecular weight is 532 g/mol. The van der Waals surface area contributed by atoms with Crippen LogP contribution in [0.4, 0.5) is 0 Å². The molecule has 9 nitrogen and oxygen atoms in total. The number of hydrogen-bond donors (Lipinski definition) is 3. The molecule has 0 aromatic heterocycles. The molecular formula is C20H25N3O6S4. The van der Waals surface area contributed by atoms with Crippen molar-refractivity contribution in [3.05, 3.63) is 47.5 Å². The highest BCUT2D eigenvalue weighted by molar-refractivity contribution is 8.00. The summed E-state index contributed by atoms with van der Waals surface area (Å²) in [5.74, 6) is 0. The van der Waals surface area contributed by atoms with Crippen molar-refractivity contribution in [3.63, 3.8) is 0 Å².